The van der Waals surface area contributed by atoms with Gasteiger partial charge in [-0.2, -0.15) is 4.98 Å². The minimum atomic E-state index is -0.0729. The van der Waals surface area contributed by atoms with Gasteiger partial charge in [-0.25, -0.2) is 4.79 Å². The largest absolute Gasteiger partial charge is 0.477 e. The van der Waals surface area contributed by atoms with E-state index in [1.807, 2.05) is 24.0 Å². The molecule has 0 radical (unpaired) electrons. The summed E-state index contributed by atoms with van der Waals surface area (Å²) in [7, 11) is 0. The van der Waals surface area contributed by atoms with E-state index in [-0.39, 0.29) is 6.03 Å². The van der Waals surface area contributed by atoms with Gasteiger partial charge in [-0.1, -0.05) is 0 Å². The van der Waals surface area contributed by atoms with Crippen molar-refractivity contribution in [1.29, 1.82) is 0 Å². The third-order valence-corrected chi connectivity index (χ3v) is 6.05. The zero-order chi connectivity index (χ0) is 20.8. The van der Waals surface area contributed by atoms with Crippen LogP contribution in [-0.2, 0) is 6.54 Å². The van der Waals surface area contributed by atoms with Crippen LogP contribution >= 0.6 is 11.9 Å². The number of aromatic nitrogens is 3. The van der Waals surface area contributed by atoms with E-state index in [4.69, 9.17) is 4.74 Å². The van der Waals surface area contributed by atoms with Crippen molar-refractivity contribution in [1.82, 2.24) is 25.2 Å². The maximum atomic E-state index is 12.6. The van der Waals surface area contributed by atoms with Crippen LogP contribution in [0, 0.1) is 0 Å². The lowest BCUT2D eigenvalue weighted by atomic mass is 10.3. The van der Waals surface area contributed by atoms with Crippen LogP contribution in [0.25, 0.3) is 0 Å². The van der Waals surface area contributed by atoms with Gasteiger partial charge in [0.05, 0.1) is 31.2 Å². The van der Waals surface area contributed by atoms with E-state index in [2.05, 4.69) is 29.9 Å². The molecule has 9 nitrogen and oxygen atoms in total. The van der Waals surface area contributed by atoms with Gasteiger partial charge >= 0.3 is 6.03 Å². The number of piperazine rings is 1. The van der Waals surface area contributed by atoms with Gasteiger partial charge in [-0.15, -0.1) is 0 Å². The lowest BCUT2D eigenvalue weighted by Crippen LogP contribution is -2.52. The Balaban J connectivity index is 1.23. The van der Waals surface area contributed by atoms with E-state index in [1.165, 1.54) is 12.8 Å². The lowest BCUT2D eigenvalue weighted by molar-refractivity contribution is 0.193. The van der Waals surface area contributed by atoms with E-state index in [1.54, 1.807) is 30.5 Å². The molecule has 4 rings (SSSR count). The van der Waals surface area contributed by atoms with Gasteiger partial charge < -0.3 is 24.6 Å². The third kappa shape index (κ3) is 5.65. The van der Waals surface area contributed by atoms with Crippen LogP contribution < -0.4 is 19.7 Å². The molecule has 0 bridgehead atoms. The van der Waals surface area contributed by atoms with Crippen LogP contribution in [0.1, 0.15) is 25.5 Å². The number of rotatable bonds is 8. The Morgan fingerprint density at radius 3 is 2.87 bits per heavy atom. The molecule has 30 heavy (non-hydrogen) atoms. The van der Waals surface area contributed by atoms with Gasteiger partial charge in [0, 0.05) is 43.3 Å². The SMILES string of the molecule is CCOc1cncc(N2CCN(C(=O)NCc3cc(NSC4CC4)ccn3)CC2)n1. The highest BCUT2D eigenvalue weighted by atomic mass is 32.2. The minimum Gasteiger partial charge on any atom is -0.477 e. The van der Waals surface area contributed by atoms with E-state index >= 15 is 0 Å². The molecule has 2 aliphatic rings. The first kappa shape index (κ1) is 20.5. The quantitative estimate of drug-likeness (QED) is 0.618. The van der Waals surface area contributed by atoms with Crippen molar-refractivity contribution >= 4 is 29.5 Å². The molecule has 3 heterocycles. The molecule has 160 valence electrons. The van der Waals surface area contributed by atoms with Gasteiger partial charge in [-0.05, 0) is 43.8 Å². The Morgan fingerprint density at radius 2 is 2.10 bits per heavy atom. The molecule has 1 aliphatic heterocycles. The van der Waals surface area contributed by atoms with Gasteiger partial charge in [0.25, 0.3) is 0 Å². The zero-order valence-corrected chi connectivity index (χ0v) is 17.9. The van der Waals surface area contributed by atoms with Crippen molar-refractivity contribution in [3.63, 3.8) is 0 Å². The molecule has 1 aliphatic carbocycles. The molecule has 2 aromatic heterocycles. The summed E-state index contributed by atoms with van der Waals surface area (Å²) >= 11 is 1.76. The third-order valence-electron chi connectivity index (χ3n) is 4.89. The smallest absolute Gasteiger partial charge is 0.317 e. The maximum absolute atomic E-state index is 12.6. The molecule has 0 unspecified atom stereocenters. The molecule has 10 heteroatoms. The average Bonchev–Trinajstić information content (AvgIpc) is 3.62. The minimum absolute atomic E-state index is 0.0729. The molecule has 0 spiro atoms. The molecule has 0 atom stereocenters. The van der Waals surface area contributed by atoms with Gasteiger partial charge in [-0.3, -0.25) is 9.97 Å². The summed E-state index contributed by atoms with van der Waals surface area (Å²) in [5, 5.41) is 3.71. The topological polar surface area (TPSA) is 95.5 Å². The number of carbonyl (C=O) groups is 1. The Bertz CT molecular complexity index is 857. The predicted octanol–water partition coefficient (Wildman–Crippen LogP) is 2.52. The summed E-state index contributed by atoms with van der Waals surface area (Å²) in [6.45, 7) is 5.53. The summed E-state index contributed by atoms with van der Waals surface area (Å²) in [6, 6.07) is 3.86. The number of pyridine rings is 1. The molecule has 1 saturated carbocycles. The van der Waals surface area contributed by atoms with Crippen LogP contribution in [0.5, 0.6) is 5.88 Å². The second-order valence-corrected chi connectivity index (χ2v) is 8.34. The van der Waals surface area contributed by atoms with Crippen molar-refractivity contribution in [3.05, 3.63) is 36.4 Å². The number of nitrogens with zero attached hydrogens (tertiary/aromatic N) is 5. The van der Waals surface area contributed by atoms with Crippen LogP contribution in [-0.4, -0.2) is 63.9 Å². The average molecular weight is 430 g/mol. The number of ether oxygens (including phenoxy) is 1. The number of amides is 2. The fraction of sp³-hybridized carbons (Fsp3) is 0.500. The van der Waals surface area contributed by atoms with E-state index < -0.39 is 0 Å². The van der Waals surface area contributed by atoms with Crippen LogP contribution in [0.3, 0.4) is 0 Å². The first-order valence-electron chi connectivity index (χ1n) is 10.3. The second kappa shape index (κ2) is 9.84. The standard InChI is InChI=1S/C20H27N7O2S/c1-2-29-19-14-21-13-18(24-19)26-7-9-27(10-8-26)20(28)23-12-16-11-15(5-6-22-16)25-30-17-3-4-17/h5-6,11,13-14,17H,2-4,7-10,12H2,1H3,(H,22,25)(H,23,28). The first-order valence-corrected chi connectivity index (χ1v) is 11.2. The monoisotopic (exact) mass is 429 g/mol. The predicted molar refractivity (Wildman–Crippen MR) is 118 cm³/mol. The molecule has 0 aromatic carbocycles. The molecule has 2 fully saturated rings. The van der Waals surface area contributed by atoms with Gasteiger partial charge in [0.2, 0.25) is 5.88 Å². The second-order valence-electron chi connectivity index (χ2n) is 7.24. The summed E-state index contributed by atoms with van der Waals surface area (Å²) in [6.07, 6.45) is 7.67. The van der Waals surface area contributed by atoms with Crippen LogP contribution in [0.15, 0.2) is 30.7 Å². The lowest BCUT2D eigenvalue weighted by Gasteiger charge is -2.35. The van der Waals surface area contributed by atoms with Crippen molar-refractivity contribution < 1.29 is 9.53 Å². The Kier molecular flexibility index (Phi) is 6.73. The summed E-state index contributed by atoms with van der Waals surface area (Å²) in [5.41, 5.74) is 1.86. The summed E-state index contributed by atoms with van der Waals surface area (Å²) < 4.78 is 8.78. The van der Waals surface area contributed by atoms with E-state index in [0.717, 1.165) is 22.4 Å². The summed E-state index contributed by atoms with van der Waals surface area (Å²) in [5.74, 6) is 1.30. The van der Waals surface area contributed by atoms with Crippen molar-refractivity contribution in [2.75, 3.05) is 42.4 Å². The number of urea groups is 1. The Morgan fingerprint density at radius 1 is 1.27 bits per heavy atom. The molecular formula is C20H27N7O2S. The van der Waals surface area contributed by atoms with Gasteiger partial charge in [0.15, 0.2) is 5.82 Å². The number of hydrogen-bond acceptors (Lipinski definition) is 8. The molecule has 2 amide bonds. The highest BCUT2D eigenvalue weighted by molar-refractivity contribution is 8.01. The molecule has 2 aromatic rings. The Labute approximate surface area is 180 Å². The molecule has 1 saturated heterocycles. The van der Waals surface area contributed by atoms with E-state index in [0.29, 0.717) is 45.2 Å². The maximum Gasteiger partial charge on any atom is 0.317 e. The summed E-state index contributed by atoms with van der Waals surface area (Å²) in [4.78, 5) is 29.5. The van der Waals surface area contributed by atoms with Gasteiger partial charge in [0.1, 0.15) is 0 Å². The fourth-order valence-electron chi connectivity index (χ4n) is 3.10. The normalized spacial score (nSPS) is 16.3. The van der Waals surface area contributed by atoms with Crippen molar-refractivity contribution in [3.8, 4) is 5.88 Å². The Hall–Kier alpha value is -2.75. The van der Waals surface area contributed by atoms with Crippen molar-refractivity contribution in [2.45, 2.75) is 31.6 Å². The van der Waals surface area contributed by atoms with Crippen LogP contribution in [0.4, 0.5) is 16.3 Å². The molecule has 2 N–H and O–H groups in total. The highest BCUT2D eigenvalue weighted by Crippen LogP contribution is 2.34. The number of anilines is 2. The van der Waals surface area contributed by atoms with Crippen molar-refractivity contribution in [2.24, 2.45) is 0 Å². The number of nitrogens with one attached hydrogen (secondary N) is 2. The van der Waals surface area contributed by atoms with E-state index in [9.17, 15) is 4.79 Å². The number of hydrogen-bond donors (Lipinski definition) is 2. The fourth-order valence-corrected chi connectivity index (χ4v) is 3.90. The zero-order valence-electron chi connectivity index (χ0n) is 17.1. The highest BCUT2D eigenvalue weighted by Gasteiger charge is 2.23. The first-order chi connectivity index (χ1) is 14.7. The molecular weight excluding hydrogens is 402 g/mol. The van der Waals surface area contributed by atoms with Crippen LogP contribution in [0.2, 0.25) is 0 Å². The number of carbonyl (C=O) groups excluding carboxylic acids is 1.